The van der Waals surface area contributed by atoms with Crippen molar-refractivity contribution in [1.82, 2.24) is 0 Å². The van der Waals surface area contributed by atoms with Crippen LogP contribution >= 0.6 is 0 Å². The number of rotatable bonds is 2. The normalized spacial score (nSPS) is 8.57. The fraction of sp³-hybridized carbons (Fsp3) is 1.00. The van der Waals surface area contributed by atoms with Gasteiger partial charge in [-0.2, -0.15) is 0 Å². The van der Waals surface area contributed by atoms with Crippen LogP contribution in [0.15, 0.2) is 0 Å². The van der Waals surface area contributed by atoms with E-state index >= 15 is 0 Å². The van der Waals surface area contributed by atoms with Crippen molar-refractivity contribution in [3.8, 4) is 0 Å². The van der Waals surface area contributed by atoms with Crippen LogP contribution < -0.4 is 0 Å². The van der Waals surface area contributed by atoms with E-state index in [0.717, 1.165) is 5.92 Å². The SMILES string of the molecule is CCC(C)CC.[MgH2]. The Hall–Kier alpha value is 0.766. The molecule has 0 aromatic rings. The molecule has 0 aliphatic carbocycles. The second-order valence-electron chi connectivity index (χ2n) is 1.92. The zero-order valence-electron chi connectivity index (χ0n) is 4.99. The van der Waals surface area contributed by atoms with Crippen LogP contribution in [-0.2, 0) is 0 Å². The van der Waals surface area contributed by atoms with Gasteiger partial charge in [-0.25, -0.2) is 0 Å². The highest BCUT2D eigenvalue weighted by molar-refractivity contribution is 5.75. The molecule has 0 spiro atoms. The largest absolute Gasteiger partial charge is 0.316 e. The van der Waals surface area contributed by atoms with Gasteiger partial charge in [0.25, 0.3) is 0 Å². The molecule has 0 aliphatic heterocycles. The molecule has 0 aromatic heterocycles. The van der Waals surface area contributed by atoms with Crippen LogP contribution in [0, 0.1) is 5.92 Å². The molecule has 0 saturated heterocycles. The molecule has 0 bridgehead atoms. The summed E-state index contributed by atoms with van der Waals surface area (Å²) in [6, 6.07) is 0. The summed E-state index contributed by atoms with van der Waals surface area (Å²) < 4.78 is 0. The fourth-order valence-electron chi connectivity index (χ4n) is 0.289. The van der Waals surface area contributed by atoms with Crippen LogP contribution in [0.4, 0.5) is 0 Å². The first-order chi connectivity index (χ1) is 2.81. The smallest absolute Gasteiger partial charge is 0.0651 e. The molecule has 0 unspecified atom stereocenters. The highest BCUT2D eigenvalue weighted by atomic mass is 24.3. The standard InChI is InChI=1S/C6H14.Mg.2H/c1-4-6(3)5-2;;;/h6H,4-5H2,1-3H3;;;. The summed E-state index contributed by atoms with van der Waals surface area (Å²) in [4.78, 5) is 0. The van der Waals surface area contributed by atoms with Crippen molar-refractivity contribution in [1.29, 1.82) is 0 Å². The quantitative estimate of drug-likeness (QED) is 0.475. The van der Waals surface area contributed by atoms with Crippen LogP contribution in [0.1, 0.15) is 33.6 Å². The predicted molar refractivity (Wildman–Crippen MR) is 38.3 cm³/mol. The Bertz CT molecular complexity index is 23.4. The summed E-state index contributed by atoms with van der Waals surface area (Å²) >= 11 is 0. The van der Waals surface area contributed by atoms with Crippen LogP contribution in [0.25, 0.3) is 0 Å². The molecule has 0 nitrogen and oxygen atoms in total. The Balaban J connectivity index is 0. The van der Waals surface area contributed by atoms with Gasteiger partial charge in [-0.15, -0.1) is 0 Å². The van der Waals surface area contributed by atoms with Crippen molar-refractivity contribution in [3.05, 3.63) is 0 Å². The fourth-order valence-corrected chi connectivity index (χ4v) is 0.289. The molecule has 1 heteroatoms. The van der Waals surface area contributed by atoms with Gasteiger partial charge < -0.3 is 0 Å². The van der Waals surface area contributed by atoms with Gasteiger partial charge in [0.05, 0.1) is 0 Å². The summed E-state index contributed by atoms with van der Waals surface area (Å²) in [5.74, 6) is 0.935. The van der Waals surface area contributed by atoms with Gasteiger partial charge in [-0.3, -0.25) is 0 Å². The molecule has 0 N–H and O–H groups in total. The second-order valence-corrected chi connectivity index (χ2v) is 1.92. The van der Waals surface area contributed by atoms with E-state index in [2.05, 4.69) is 20.8 Å². The Morgan fingerprint density at radius 2 is 1.43 bits per heavy atom. The summed E-state index contributed by atoms with van der Waals surface area (Å²) in [5, 5.41) is 0. The van der Waals surface area contributed by atoms with Crippen molar-refractivity contribution in [2.45, 2.75) is 33.6 Å². The zero-order chi connectivity index (χ0) is 4.99. The Morgan fingerprint density at radius 3 is 1.43 bits per heavy atom. The van der Waals surface area contributed by atoms with Gasteiger partial charge in [0.1, 0.15) is 0 Å². The molecule has 0 atom stereocenters. The van der Waals surface area contributed by atoms with Crippen molar-refractivity contribution < 1.29 is 0 Å². The van der Waals surface area contributed by atoms with Crippen molar-refractivity contribution in [2.24, 2.45) is 5.92 Å². The van der Waals surface area contributed by atoms with Crippen LogP contribution in [0.5, 0.6) is 0 Å². The molecule has 7 heavy (non-hydrogen) atoms. The third-order valence-corrected chi connectivity index (χ3v) is 1.39. The van der Waals surface area contributed by atoms with Gasteiger partial charge in [0.2, 0.25) is 0 Å². The molecule has 0 heterocycles. The van der Waals surface area contributed by atoms with Crippen LogP contribution in [0.3, 0.4) is 0 Å². The summed E-state index contributed by atoms with van der Waals surface area (Å²) in [6.45, 7) is 6.74. The monoisotopic (exact) mass is 112 g/mol. The van der Waals surface area contributed by atoms with E-state index in [1.165, 1.54) is 12.8 Å². The Kier molecular flexibility index (Phi) is 10.3. The van der Waals surface area contributed by atoms with Gasteiger partial charge >= 0.3 is 23.1 Å². The lowest BCUT2D eigenvalue weighted by molar-refractivity contribution is 0.544. The molecular weight excluding hydrogens is 96.4 g/mol. The molecule has 0 radical (unpaired) electrons. The molecule has 0 aromatic carbocycles. The van der Waals surface area contributed by atoms with E-state index in [1.807, 2.05) is 0 Å². The summed E-state index contributed by atoms with van der Waals surface area (Å²) in [6.07, 6.45) is 2.66. The first-order valence-corrected chi connectivity index (χ1v) is 2.81. The van der Waals surface area contributed by atoms with Gasteiger partial charge in [-0.05, 0) is 5.92 Å². The van der Waals surface area contributed by atoms with Crippen molar-refractivity contribution >= 4 is 23.1 Å². The lowest BCUT2D eigenvalue weighted by Crippen LogP contribution is -1.85. The van der Waals surface area contributed by atoms with Gasteiger partial charge in [0, 0.05) is 0 Å². The maximum atomic E-state index is 2.28. The molecule has 0 aliphatic rings. The maximum Gasteiger partial charge on any atom is 0.316 e. The number of hydrogen-bond acceptors (Lipinski definition) is 0. The van der Waals surface area contributed by atoms with Gasteiger partial charge in [0.15, 0.2) is 0 Å². The van der Waals surface area contributed by atoms with Crippen molar-refractivity contribution in [2.75, 3.05) is 0 Å². The van der Waals surface area contributed by atoms with E-state index in [0.29, 0.717) is 0 Å². The van der Waals surface area contributed by atoms with Gasteiger partial charge in [-0.1, -0.05) is 33.6 Å². The highest BCUT2D eigenvalue weighted by Crippen LogP contribution is 2.02. The van der Waals surface area contributed by atoms with Crippen LogP contribution in [0.2, 0.25) is 0 Å². The molecule has 0 fully saturated rings. The summed E-state index contributed by atoms with van der Waals surface area (Å²) in [7, 11) is 0. The third-order valence-electron chi connectivity index (χ3n) is 1.39. The van der Waals surface area contributed by atoms with E-state index in [1.54, 1.807) is 0 Å². The lowest BCUT2D eigenvalue weighted by Gasteiger charge is -1.98. The Labute approximate surface area is 62.8 Å². The van der Waals surface area contributed by atoms with E-state index in [4.69, 9.17) is 0 Å². The average Bonchev–Trinajstić information content (AvgIpc) is 1.65. The van der Waals surface area contributed by atoms with Crippen molar-refractivity contribution in [3.63, 3.8) is 0 Å². The minimum atomic E-state index is 0. The zero-order valence-corrected chi connectivity index (χ0v) is 4.99. The first-order valence-electron chi connectivity index (χ1n) is 2.81. The first kappa shape index (κ1) is 10.7. The minimum Gasteiger partial charge on any atom is -0.0651 e. The predicted octanol–water partition coefficient (Wildman–Crippen LogP) is 1.53. The Morgan fingerprint density at radius 1 is 1.14 bits per heavy atom. The van der Waals surface area contributed by atoms with E-state index < -0.39 is 0 Å². The molecule has 42 valence electrons. The molecule has 0 rings (SSSR count). The second kappa shape index (κ2) is 6.77. The lowest BCUT2D eigenvalue weighted by atomic mass is 10.1. The summed E-state index contributed by atoms with van der Waals surface area (Å²) in [5.41, 5.74) is 0. The molecular formula is C6H16Mg. The van der Waals surface area contributed by atoms with E-state index in [9.17, 15) is 0 Å². The average molecular weight is 112 g/mol. The topological polar surface area (TPSA) is 0 Å². The molecule has 0 saturated carbocycles. The third kappa shape index (κ3) is 6.77. The molecule has 0 amide bonds. The highest BCUT2D eigenvalue weighted by Gasteiger charge is 1.88. The van der Waals surface area contributed by atoms with Crippen LogP contribution in [-0.4, -0.2) is 23.1 Å². The minimum absolute atomic E-state index is 0. The maximum absolute atomic E-state index is 2.28. The van der Waals surface area contributed by atoms with E-state index in [-0.39, 0.29) is 23.1 Å². The number of hydrogen-bond donors (Lipinski definition) is 0.